The number of amides is 6. The van der Waals surface area contributed by atoms with Crippen molar-refractivity contribution in [3.8, 4) is 11.1 Å². The highest BCUT2D eigenvalue weighted by atomic mass is 32.2. The van der Waals surface area contributed by atoms with Crippen LogP contribution in [-0.4, -0.2) is 200 Å². The van der Waals surface area contributed by atoms with Crippen LogP contribution in [0.15, 0.2) is 72.9 Å². The van der Waals surface area contributed by atoms with Crippen molar-refractivity contribution in [3.05, 3.63) is 95.8 Å². The molecule has 6 amide bonds. The van der Waals surface area contributed by atoms with E-state index in [1.165, 1.54) is 4.90 Å². The Morgan fingerprint density at radius 1 is 0.747 bits per heavy atom. The molecule has 0 fully saturated rings. The third kappa shape index (κ3) is 26.6. The number of nitrogens with two attached hydrogens (primary N) is 1. The lowest BCUT2D eigenvalue weighted by molar-refractivity contribution is -0.154. The Bertz CT molecular complexity index is 2780. The molecule has 1 aromatic heterocycles. The van der Waals surface area contributed by atoms with Crippen LogP contribution >= 0.6 is 11.8 Å². The standard InChI is InChI=1S/C60H85F2N7O16SSi/c1-60(2,3)56(49-37-43(45-38-44(61)13-14-46(45)62)40-66(49)39-42-11-8-7-9-12-42)68(24-10-22-65-59(80)85-34-36-87(4,5)6)54(74)41-69(48(57(77)78)21-35-86-58(79)47(63)15-18-55(75)76)53(73)20-26-81-28-30-83-32-33-84-31-29-82-27-23-64-50(70)19-25-67-51(71)16-17-52(67)72/h7-9,11-14,16-17,37-38,40,47-48,56H,10,15,18-36,39,41,63H2,1-6H3,(H,64,70)(H,65,80)(H,75,76)(H,77,78)/t47-,48+,56-/m0/s1. The molecule has 27 heteroatoms. The second-order valence-electron chi connectivity index (χ2n) is 22.8. The van der Waals surface area contributed by atoms with Crippen molar-refractivity contribution in [1.82, 2.24) is 29.9 Å². The highest BCUT2D eigenvalue weighted by molar-refractivity contribution is 8.13. The van der Waals surface area contributed by atoms with E-state index in [1.807, 2.05) is 55.7 Å². The van der Waals surface area contributed by atoms with Gasteiger partial charge in [0.2, 0.25) is 22.8 Å². The van der Waals surface area contributed by atoms with E-state index in [4.69, 9.17) is 34.5 Å². The van der Waals surface area contributed by atoms with Gasteiger partial charge in [-0.05, 0) is 60.6 Å². The number of carboxylic acid groups (broad SMARTS) is 2. The molecule has 23 nitrogen and oxygen atoms in total. The van der Waals surface area contributed by atoms with Gasteiger partial charge in [-0.3, -0.25) is 38.5 Å². The fraction of sp³-hybridized carbons (Fsp3) is 0.550. The molecule has 0 bridgehead atoms. The number of rotatable bonds is 41. The molecule has 0 aliphatic carbocycles. The van der Waals surface area contributed by atoms with Crippen LogP contribution < -0.4 is 16.4 Å². The largest absolute Gasteiger partial charge is 0.481 e. The van der Waals surface area contributed by atoms with Gasteiger partial charge in [0.1, 0.15) is 24.2 Å². The summed E-state index contributed by atoms with van der Waals surface area (Å²) in [5.74, 6) is -6.91. The number of hydrogen-bond acceptors (Lipinski definition) is 16. The van der Waals surface area contributed by atoms with Crippen LogP contribution in [0.25, 0.3) is 11.1 Å². The number of thioether (sulfide) groups is 1. The molecule has 87 heavy (non-hydrogen) atoms. The van der Waals surface area contributed by atoms with Gasteiger partial charge < -0.3 is 64.6 Å². The van der Waals surface area contributed by atoms with Gasteiger partial charge in [0, 0.05) is 94.6 Å². The Hall–Kier alpha value is -6.88. The minimum absolute atomic E-state index is 0.0213. The number of carbonyl (C=O) groups excluding carboxylic acids is 7. The number of nitrogens with one attached hydrogen (secondary N) is 2. The topological polar surface area (TPSA) is 305 Å². The summed E-state index contributed by atoms with van der Waals surface area (Å²) in [5, 5.41) is 24.7. The van der Waals surface area contributed by atoms with E-state index in [2.05, 4.69) is 30.3 Å². The first-order valence-corrected chi connectivity index (χ1v) is 33.6. The first kappa shape index (κ1) is 72.6. The normalized spacial score (nSPS) is 13.5. The van der Waals surface area contributed by atoms with Gasteiger partial charge in [-0.25, -0.2) is 18.4 Å². The van der Waals surface area contributed by atoms with E-state index in [0.717, 1.165) is 51.8 Å². The number of alkyl carbamates (subject to hydrolysis) is 1. The minimum Gasteiger partial charge on any atom is -0.481 e. The Morgan fingerprint density at radius 3 is 1.99 bits per heavy atom. The first-order valence-electron chi connectivity index (χ1n) is 28.9. The predicted octanol–water partition coefficient (Wildman–Crippen LogP) is 5.86. The average molecular weight is 1260 g/mol. The van der Waals surface area contributed by atoms with Gasteiger partial charge in [0.25, 0.3) is 11.8 Å². The number of halogens is 2. The zero-order chi connectivity index (χ0) is 64.1. The Morgan fingerprint density at radius 2 is 1.38 bits per heavy atom. The summed E-state index contributed by atoms with van der Waals surface area (Å²) in [5.41, 5.74) is 6.71. The molecule has 2 heterocycles. The van der Waals surface area contributed by atoms with E-state index in [1.54, 1.807) is 12.3 Å². The van der Waals surface area contributed by atoms with Gasteiger partial charge in [-0.1, -0.05) is 82.5 Å². The number of aromatic nitrogens is 1. The molecule has 0 unspecified atom stereocenters. The van der Waals surface area contributed by atoms with Gasteiger partial charge >= 0.3 is 18.0 Å². The van der Waals surface area contributed by atoms with Gasteiger partial charge in [-0.2, -0.15) is 0 Å². The number of nitrogens with zero attached hydrogens (tertiary/aromatic N) is 4. The van der Waals surface area contributed by atoms with E-state index >= 15 is 9.18 Å². The lowest BCUT2D eigenvalue weighted by atomic mass is 9.82. The second-order valence-corrected chi connectivity index (χ2v) is 29.5. The molecule has 2 aromatic carbocycles. The summed E-state index contributed by atoms with van der Waals surface area (Å²) in [7, 11) is -1.53. The van der Waals surface area contributed by atoms with Crippen LogP contribution in [0.3, 0.4) is 0 Å². The summed E-state index contributed by atoms with van der Waals surface area (Å²) in [6.07, 6.45) is 2.19. The fourth-order valence-electron chi connectivity index (χ4n) is 9.03. The maximum absolute atomic E-state index is 15.6. The SMILES string of the molecule is CC(C)(C)[C@H](c1cc(-c2cc(F)ccc2F)cn1Cc1ccccc1)N(CCCNC(=O)OCC[Si](C)(C)C)C(=O)CN(C(=O)CCOCCOCCOCCOCCNC(=O)CCN1C(=O)C=CC1=O)[C@H](CCSC(=O)[C@@H](N)CCC(=O)O)C(=O)O. The molecule has 1 aliphatic heterocycles. The van der Waals surface area contributed by atoms with Crippen molar-refractivity contribution >= 4 is 72.5 Å². The molecule has 3 atom stereocenters. The zero-order valence-corrected chi connectivity index (χ0v) is 52.4. The Balaban J connectivity index is 1.51. The number of hydrogen-bond donors (Lipinski definition) is 5. The van der Waals surface area contributed by atoms with Crippen LogP contribution in [0.2, 0.25) is 25.7 Å². The molecule has 0 saturated heterocycles. The van der Waals surface area contributed by atoms with Crippen molar-refractivity contribution in [2.45, 2.75) is 110 Å². The number of imide groups is 1. The van der Waals surface area contributed by atoms with E-state index in [0.29, 0.717) is 23.0 Å². The van der Waals surface area contributed by atoms with Crippen LogP contribution in [-0.2, 0) is 68.6 Å². The molecule has 1 aliphatic rings. The van der Waals surface area contributed by atoms with E-state index in [9.17, 15) is 47.9 Å². The number of benzene rings is 2. The van der Waals surface area contributed by atoms with Crippen LogP contribution in [0, 0.1) is 17.0 Å². The van der Waals surface area contributed by atoms with Crippen LogP contribution in [0.5, 0.6) is 0 Å². The molecular formula is C60H85F2N7O16SSi. The van der Waals surface area contributed by atoms with Crippen molar-refractivity contribution < 1.29 is 85.8 Å². The molecule has 3 aromatic rings. The monoisotopic (exact) mass is 1260 g/mol. The second kappa shape index (κ2) is 37.1. The van der Waals surface area contributed by atoms with Crippen molar-refractivity contribution in [1.29, 1.82) is 0 Å². The Kier molecular flexibility index (Phi) is 30.9. The quantitative estimate of drug-likeness (QED) is 0.0252. The summed E-state index contributed by atoms with van der Waals surface area (Å²) in [6, 6.07) is 11.1. The molecule has 0 spiro atoms. The van der Waals surface area contributed by atoms with E-state index < -0.39 is 96.6 Å². The molecule has 6 N–H and O–H groups in total. The maximum Gasteiger partial charge on any atom is 0.407 e. The predicted molar refractivity (Wildman–Crippen MR) is 323 cm³/mol. The maximum atomic E-state index is 15.6. The number of carbonyl (C=O) groups is 9. The van der Waals surface area contributed by atoms with Crippen LogP contribution in [0.1, 0.15) is 76.6 Å². The number of carboxylic acids is 2. The molecular weight excluding hydrogens is 1170 g/mol. The molecule has 0 radical (unpaired) electrons. The molecule has 4 rings (SSSR count). The summed E-state index contributed by atoms with van der Waals surface area (Å²) < 4.78 is 60.0. The highest BCUT2D eigenvalue weighted by Gasteiger charge is 2.40. The van der Waals surface area contributed by atoms with Crippen molar-refractivity contribution in [3.63, 3.8) is 0 Å². The zero-order valence-electron chi connectivity index (χ0n) is 50.6. The highest BCUT2D eigenvalue weighted by Crippen LogP contribution is 2.41. The van der Waals surface area contributed by atoms with Crippen molar-refractivity contribution in [2.24, 2.45) is 11.1 Å². The number of ether oxygens (including phenoxy) is 5. The Labute approximate surface area is 511 Å². The van der Waals surface area contributed by atoms with E-state index in [-0.39, 0.29) is 148 Å². The first-order chi connectivity index (χ1) is 41.2. The fourth-order valence-corrected chi connectivity index (χ4v) is 10.6. The third-order valence-electron chi connectivity index (χ3n) is 13.5. The minimum atomic E-state index is -1.67. The van der Waals surface area contributed by atoms with Gasteiger partial charge in [0.15, 0.2) is 0 Å². The molecule has 480 valence electrons. The third-order valence-corrected chi connectivity index (χ3v) is 16.3. The summed E-state index contributed by atoms with van der Waals surface area (Å²) in [4.78, 5) is 119. The lowest BCUT2D eigenvalue weighted by Crippen LogP contribution is -2.53. The average Bonchev–Trinajstić information content (AvgIpc) is 1.79. The lowest BCUT2D eigenvalue weighted by Gasteiger charge is -2.42. The van der Waals surface area contributed by atoms with Gasteiger partial charge in [0.05, 0.1) is 78.0 Å². The molecule has 0 saturated carbocycles. The summed E-state index contributed by atoms with van der Waals surface area (Å²) >= 11 is 0.679. The smallest absolute Gasteiger partial charge is 0.407 e. The number of aliphatic carboxylic acids is 2. The van der Waals surface area contributed by atoms with Gasteiger partial charge in [-0.15, -0.1) is 0 Å². The summed E-state index contributed by atoms with van der Waals surface area (Å²) in [6.45, 7) is 12.9. The van der Waals surface area contributed by atoms with Crippen molar-refractivity contribution in [2.75, 3.05) is 97.9 Å². The van der Waals surface area contributed by atoms with Crippen LogP contribution in [0.4, 0.5) is 13.6 Å².